The smallest absolute Gasteiger partial charge is 0.0545 e. The van der Waals surface area contributed by atoms with E-state index in [1.165, 1.54) is 71.0 Å². The lowest BCUT2D eigenvalue weighted by Gasteiger charge is -2.61. The van der Waals surface area contributed by atoms with E-state index >= 15 is 0 Å². The summed E-state index contributed by atoms with van der Waals surface area (Å²) in [5.74, 6) is 4.17. The van der Waals surface area contributed by atoms with E-state index in [1.807, 2.05) is 0 Å². The second-order valence-corrected chi connectivity index (χ2v) is 11.8. The fraction of sp³-hybridized carbons (Fsp3) is 0.375. The highest BCUT2D eigenvalue weighted by Gasteiger charge is 2.61. The van der Waals surface area contributed by atoms with Crippen LogP contribution in [0.5, 0.6) is 0 Å². The Labute approximate surface area is 195 Å². The molecule has 4 fully saturated rings. The Bertz CT molecular complexity index is 1430. The van der Waals surface area contributed by atoms with Crippen LogP contribution >= 0.6 is 0 Å². The summed E-state index contributed by atoms with van der Waals surface area (Å²) in [6.45, 7) is 0. The first-order valence-electron chi connectivity index (χ1n) is 13.1. The lowest BCUT2D eigenvalue weighted by Crippen LogP contribution is -2.55. The lowest BCUT2D eigenvalue weighted by molar-refractivity contribution is -0.0399. The molecule has 162 valence electrons. The molecule has 1 heterocycles. The average molecular weight is 428 g/mol. The summed E-state index contributed by atoms with van der Waals surface area (Å²) in [6.07, 6.45) is 19.9. The van der Waals surface area contributed by atoms with Crippen LogP contribution in [0.15, 0.2) is 66.3 Å². The Hall–Kier alpha value is -2.80. The molecule has 0 saturated heterocycles. The Morgan fingerprint density at radius 1 is 0.818 bits per heavy atom. The third-order valence-corrected chi connectivity index (χ3v) is 10.5. The zero-order valence-electron chi connectivity index (χ0n) is 19.0. The number of benzene rings is 2. The molecule has 1 spiro atoms. The predicted molar refractivity (Wildman–Crippen MR) is 135 cm³/mol. The normalized spacial score (nSPS) is 36.1. The van der Waals surface area contributed by atoms with Crippen molar-refractivity contribution in [2.24, 2.45) is 29.6 Å². The molecule has 1 N–H and O–H groups in total. The van der Waals surface area contributed by atoms with Gasteiger partial charge in [0.1, 0.15) is 0 Å². The molecule has 1 aromatic heterocycles. The Balaban J connectivity index is 1.34. The first-order valence-corrected chi connectivity index (χ1v) is 13.1. The van der Waals surface area contributed by atoms with Gasteiger partial charge in [0.05, 0.1) is 5.52 Å². The number of hydrogen-bond acceptors (Lipinski definition) is 0. The van der Waals surface area contributed by atoms with Gasteiger partial charge in [0.25, 0.3) is 0 Å². The van der Waals surface area contributed by atoms with Crippen LogP contribution in [-0.2, 0) is 11.8 Å². The number of nitrogens with one attached hydrogen (secondary N) is 1. The number of fused-ring (bicyclic) bond motifs is 8. The molecule has 10 rings (SSSR count). The Morgan fingerprint density at radius 2 is 1.64 bits per heavy atom. The number of H-pyrrole nitrogens is 1. The molecule has 1 unspecified atom stereocenters. The Morgan fingerprint density at radius 3 is 2.48 bits per heavy atom. The minimum absolute atomic E-state index is 0.261. The van der Waals surface area contributed by atoms with Crippen molar-refractivity contribution in [1.29, 1.82) is 0 Å². The van der Waals surface area contributed by atoms with Crippen molar-refractivity contribution in [2.45, 2.75) is 43.9 Å². The van der Waals surface area contributed by atoms with Crippen LogP contribution in [0, 0.1) is 29.6 Å². The van der Waals surface area contributed by atoms with Gasteiger partial charge in [0.2, 0.25) is 0 Å². The van der Waals surface area contributed by atoms with Gasteiger partial charge in [-0.15, -0.1) is 0 Å². The molecule has 3 aromatic rings. The Kier molecular flexibility index (Phi) is 3.11. The van der Waals surface area contributed by atoms with Gasteiger partial charge in [-0.3, -0.25) is 0 Å². The van der Waals surface area contributed by atoms with Crippen molar-refractivity contribution >= 4 is 17.0 Å². The molecule has 7 aliphatic carbocycles. The van der Waals surface area contributed by atoms with E-state index in [0.717, 1.165) is 30.1 Å². The summed E-state index contributed by atoms with van der Waals surface area (Å²) in [6, 6.07) is 14.5. The van der Waals surface area contributed by atoms with Gasteiger partial charge in [0, 0.05) is 33.5 Å². The predicted octanol–water partition coefficient (Wildman–Crippen LogP) is 7.57. The van der Waals surface area contributed by atoms with Crippen LogP contribution in [0.25, 0.3) is 28.1 Å². The van der Waals surface area contributed by atoms with E-state index in [2.05, 4.69) is 71.8 Å². The third-order valence-electron chi connectivity index (χ3n) is 10.5. The van der Waals surface area contributed by atoms with E-state index in [-0.39, 0.29) is 5.41 Å². The second-order valence-electron chi connectivity index (χ2n) is 11.8. The summed E-state index contributed by atoms with van der Waals surface area (Å²) in [4.78, 5) is 3.99. The lowest BCUT2D eigenvalue weighted by atomic mass is 9.43. The molecule has 2 aromatic carbocycles. The molecule has 4 bridgehead atoms. The molecule has 1 atom stereocenters. The first-order chi connectivity index (χ1) is 16.3. The number of aromatic nitrogens is 1. The van der Waals surface area contributed by atoms with Gasteiger partial charge in [-0.2, -0.15) is 0 Å². The van der Waals surface area contributed by atoms with Gasteiger partial charge < -0.3 is 4.98 Å². The number of rotatable bonds is 0. The van der Waals surface area contributed by atoms with Gasteiger partial charge in [-0.05, 0) is 90.5 Å². The molecule has 33 heavy (non-hydrogen) atoms. The van der Waals surface area contributed by atoms with Crippen LogP contribution in [-0.4, -0.2) is 4.98 Å². The van der Waals surface area contributed by atoms with Gasteiger partial charge >= 0.3 is 0 Å². The molecule has 7 aliphatic rings. The van der Waals surface area contributed by atoms with Crippen LogP contribution in [0.4, 0.5) is 0 Å². The minimum Gasteiger partial charge on any atom is -0.357 e. The average Bonchev–Trinajstić information content (AvgIpc) is 3.34. The van der Waals surface area contributed by atoms with Crippen LogP contribution < -0.4 is 0 Å². The fourth-order valence-electron chi connectivity index (χ4n) is 9.63. The quantitative estimate of drug-likeness (QED) is 0.381. The van der Waals surface area contributed by atoms with E-state index in [9.17, 15) is 0 Å². The third kappa shape index (κ3) is 1.99. The highest BCUT2D eigenvalue weighted by molar-refractivity contribution is 6.05. The SMILES string of the molecule is C1=CC2=Cc3c([nH]c4c5c(ccc34)C3(c4ccccc4-5)C4CC5CC(C4)CC3C5)CC2C=C1. The molecule has 0 aliphatic heterocycles. The number of allylic oxidation sites excluding steroid dienone is 5. The summed E-state index contributed by atoms with van der Waals surface area (Å²) in [7, 11) is 0. The molecule has 4 saturated carbocycles. The summed E-state index contributed by atoms with van der Waals surface area (Å²) in [5, 5.41) is 1.42. The van der Waals surface area contributed by atoms with Crippen molar-refractivity contribution in [3.05, 3.63) is 88.7 Å². The monoisotopic (exact) mass is 427 g/mol. The highest BCUT2D eigenvalue weighted by atomic mass is 14.7. The standard InChI is InChI=1S/C32H29N/c1-2-6-21-17-29-26(16-20(21)5-1)24-9-10-28-30(31(24)33-29)25-7-3-4-8-27(25)32(28)22-12-18-11-19(14-22)15-23(32)13-18/h1-10,16,18-19,21-23,33H,11-15,17H2. The number of hydrogen-bond donors (Lipinski definition) is 1. The van der Waals surface area contributed by atoms with E-state index in [0.29, 0.717) is 5.92 Å². The van der Waals surface area contributed by atoms with E-state index < -0.39 is 0 Å². The molecule has 1 nitrogen and oxygen atoms in total. The van der Waals surface area contributed by atoms with Gasteiger partial charge in [0.15, 0.2) is 0 Å². The first kappa shape index (κ1) is 17.6. The maximum absolute atomic E-state index is 3.99. The fourth-order valence-corrected chi connectivity index (χ4v) is 9.63. The van der Waals surface area contributed by atoms with E-state index in [1.54, 1.807) is 11.1 Å². The van der Waals surface area contributed by atoms with Crippen LogP contribution in [0.3, 0.4) is 0 Å². The van der Waals surface area contributed by atoms with Gasteiger partial charge in [-0.1, -0.05) is 60.7 Å². The summed E-state index contributed by atoms with van der Waals surface area (Å²) < 4.78 is 0. The number of aromatic amines is 1. The second kappa shape index (κ2) is 5.81. The molecule has 0 radical (unpaired) electrons. The van der Waals surface area contributed by atoms with Crippen molar-refractivity contribution < 1.29 is 0 Å². The maximum Gasteiger partial charge on any atom is 0.0545 e. The molecule has 1 heteroatoms. The highest BCUT2D eigenvalue weighted by Crippen LogP contribution is 2.69. The molecular weight excluding hydrogens is 398 g/mol. The van der Waals surface area contributed by atoms with Crippen molar-refractivity contribution in [2.75, 3.05) is 0 Å². The van der Waals surface area contributed by atoms with Crippen molar-refractivity contribution in [1.82, 2.24) is 4.98 Å². The molecule has 0 amide bonds. The summed E-state index contributed by atoms with van der Waals surface area (Å²) in [5.41, 5.74) is 12.4. The van der Waals surface area contributed by atoms with E-state index in [4.69, 9.17) is 0 Å². The van der Waals surface area contributed by atoms with Crippen molar-refractivity contribution in [3.8, 4) is 11.1 Å². The van der Waals surface area contributed by atoms with Crippen LogP contribution in [0.1, 0.15) is 54.5 Å². The minimum atomic E-state index is 0.261. The maximum atomic E-state index is 3.99. The zero-order chi connectivity index (χ0) is 21.3. The van der Waals surface area contributed by atoms with Crippen LogP contribution in [0.2, 0.25) is 0 Å². The van der Waals surface area contributed by atoms with Crippen molar-refractivity contribution in [3.63, 3.8) is 0 Å². The topological polar surface area (TPSA) is 15.8 Å². The zero-order valence-corrected chi connectivity index (χ0v) is 19.0. The molecular formula is C32H29N. The van der Waals surface area contributed by atoms with Gasteiger partial charge in [-0.25, -0.2) is 0 Å². The summed E-state index contributed by atoms with van der Waals surface area (Å²) >= 11 is 0. The largest absolute Gasteiger partial charge is 0.357 e.